The fraction of sp³-hybridized carbons (Fsp3) is 0.280. The van der Waals surface area contributed by atoms with Crippen LogP contribution in [0, 0.1) is 11.7 Å². The monoisotopic (exact) mass is 417 g/mol. The van der Waals surface area contributed by atoms with Gasteiger partial charge >= 0.3 is 0 Å². The van der Waals surface area contributed by atoms with Gasteiger partial charge in [-0.15, -0.1) is 0 Å². The van der Waals surface area contributed by atoms with Gasteiger partial charge in [-0.05, 0) is 61.1 Å². The summed E-state index contributed by atoms with van der Waals surface area (Å²) >= 11 is 0. The molecule has 0 N–H and O–H groups in total. The van der Waals surface area contributed by atoms with Crippen LogP contribution in [-0.4, -0.2) is 32.9 Å². The molecule has 0 aliphatic carbocycles. The van der Waals surface area contributed by atoms with Crippen molar-refractivity contribution >= 4 is 22.5 Å². The maximum absolute atomic E-state index is 14.0. The second kappa shape index (κ2) is 8.02. The standard InChI is InChI=1S/C25H24FN3O2/c26-20-8-9-21-23(16-20)29(25(31)22-7-4-12-28(21)22)17-24(30)27-13-10-19(11-14-27)15-18-5-2-1-3-6-18/h1-9,12,16,19H,10-11,13-15,17H2. The van der Waals surface area contributed by atoms with Gasteiger partial charge in [0.15, 0.2) is 0 Å². The molecule has 0 bridgehead atoms. The van der Waals surface area contributed by atoms with Crippen LogP contribution in [0.2, 0.25) is 0 Å². The molecule has 6 heteroatoms. The number of hydrogen-bond acceptors (Lipinski definition) is 2. The molecule has 4 aromatic rings. The first-order valence-corrected chi connectivity index (χ1v) is 10.7. The number of fused-ring (bicyclic) bond motifs is 3. The molecular formula is C25H24FN3O2. The van der Waals surface area contributed by atoms with E-state index in [-0.39, 0.29) is 18.0 Å². The Morgan fingerprint density at radius 1 is 0.935 bits per heavy atom. The summed E-state index contributed by atoms with van der Waals surface area (Å²) in [6.07, 6.45) is 4.70. The largest absolute Gasteiger partial charge is 0.341 e. The highest BCUT2D eigenvalue weighted by Crippen LogP contribution is 2.22. The minimum atomic E-state index is -0.429. The number of rotatable bonds is 4. The Kier molecular flexibility index (Phi) is 5.06. The Labute approximate surface area is 179 Å². The van der Waals surface area contributed by atoms with Gasteiger partial charge in [0.2, 0.25) is 5.91 Å². The summed E-state index contributed by atoms with van der Waals surface area (Å²) in [5, 5.41) is 0. The fourth-order valence-corrected chi connectivity index (χ4v) is 4.66. The minimum absolute atomic E-state index is 0.0795. The lowest BCUT2D eigenvalue weighted by molar-refractivity contribution is -0.133. The molecule has 1 amide bonds. The van der Waals surface area contributed by atoms with Crippen LogP contribution < -0.4 is 5.56 Å². The van der Waals surface area contributed by atoms with Crippen molar-refractivity contribution in [2.45, 2.75) is 25.8 Å². The van der Waals surface area contributed by atoms with Crippen LogP contribution in [0.1, 0.15) is 18.4 Å². The molecule has 5 nitrogen and oxygen atoms in total. The van der Waals surface area contributed by atoms with Crippen molar-refractivity contribution in [2.75, 3.05) is 13.1 Å². The van der Waals surface area contributed by atoms with E-state index in [1.165, 1.54) is 22.3 Å². The van der Waals surface area contributed by atoms with Crippen LogP contribution in [0.3, 0.4) is 0 Å². The Balaban J connectivity index is 1.35. The number of carbonyl (C=O) groups is 1. The summed E-state index contributed by atoms with van der Waals surface area (Å²) in [5.41, 5.74) is 2.66. The molecule has 1 fully saturated rings. The molecule has 31 heavy (non-hydrogen) atoms. The van der Waals surface area contributed by atoms with E-state index in [0.29, 0.717) is 35.6 Å². The van der Waals surface area contributed by atoms with Crippen molar-refractivity contribution in [1.29, 1.82) is 0 Å². The zero-order valence-electron chi connectivity index (χ0n) is 17.2. The first kappa shape index (κ1) is 19.5. The highest BCUT2D eigenvalue weighted by atomic mass is 19.1. The molecule has 158 valence electrons. The third kappa shape index (κ3) is 3.74. The highest BCUT2D eigenvalue weighted by molar-refractivity contribution is 5.82. The summed E-state index contributed by atoms with van der Waals surface area (Å²) in [6.45, 7) is 1.29. The maximum atomic E-state index is 14.0. The lowest BCUT2D eigenvalue weighted by Crippen LogP contribution is -2.42. The topological polar surface area (TPSA) is 46.7 Å². The van der Waals surface area contributed by atoms with Crippen LogP contribution in [0.15, 0.2) is 71.7 Å². The van der Waals surface area contributed by atoms with Crippen molar-refractivity contribution in [1.82, 2.24) is 13.9 Å². The molecule has 0 atom stereocenters. The number of amides is 1. The predicted molar refractivity (Wildman–Crippen MR) is 119 cm³/mol. The van der Waals surface area contributed by atoms with E-state index >= 15 is 0 Å². The van der Waals surface area contributed by atoms with Gasteiger partial charge in [0.1, 0.15) is 17.9 Å². The van der Waals surface area contributed by atoms with E-state index in [1.807, 2.05) is 11.0 Å². The average Bonchev–Trinajstić information content (AvgIpc) is 3.28. The number of piperidine rings is 1. The molecule has 0 spiro atoms. The molecule has 0 radical (unpaired) electrons. The second-order valence-corrected chi connectivity index (χ2v) is 8.30. The maximum Gasteiger partial charge on any atom is 0.275 e. The van der Waals surface area contributed by atoms with Gasteiger partial charge < -0.3 is 9.30 Å². The summed E-state index contributed by atoms with van der Waals surface area (Å²) in [4.78, 5) is 27.9. The Morgan fingerprint density at radius 2 is 1.71 bits per heavy atom. The third-order valence-corrected chi connectivity index (χ3v) is 6.33. The average molecular weight is 417 g/mol. The van der Waals surface area contributed by atoms with E-state index in [2.05, 4.69) is 24.3 Å². The Bertz CT molecular complexity index is 1300. The molecule has 0 saturated carbocycles. The first-order chi connectivity index (χ1) is 15.1. The van der Waals surface area contributed by atoms with Crippen molar-refractivity contribution in [3.8, 4) is 0 Å². The van der Waals surface area contributed by atoms with Gasteiger partial charge in [0.25, 0.3) is 5.56 Å². The number of halogens is 1. The lowest BCUT2D eigenvalue weighted by Gasteiger charge is -2.32. The highest BCUT2D eigenvalue weighted by Gasteiger charge is 2.24. The minimum Gasteiger partial charge on any atom is -0.341 e. The van der Waals surface area contributed by atoms with Crippen molar-refractivity contribution in [3.05, 3.63) is 88.6 Å². The number of hydrogen-bond donors (Lipinski definition) is 0. The van der Waals surface area contributed by atoms with E-state index in [9.17, 15) is 14.0 Å². The van der Waals surface area contributed by atoms with E-state index < -0.39 is 5.82 Å². The quantitative estimate of drug-likeness (QED) is 0.506. The molecular weight excluding hydrogens is 393 g/mol. The molecule has 3 heterocycles. The normalized spacial score (nSPS) is 15.1. The van der Waals surface area contributed by atoms with Crippen LogP contribution in [0.5, 0.6) is 0 Å². The van der Waals surface area contributed by atoms with E-state index in [0.717, 1.165) is 19.3 Å². The summed E-state index contributed by atoms with van der Waals surface area (Å²) < 4.78 is 17.1. The van der Waals surface area contributed by atoms with E-state index in [1.54, 1.807) is 28.8 Å². The second-order valence-electron chi connectivity index (χ2n) is 8.30. The molecule has 2 aromatic carbocycles. The van der Waals surface area contributed by atoms with Crippen molar-refractivity contribution in [2.24, 2.45) is 5.92 Å². The van der Waals surface area contributed by atoms with Crippen LogP contribution in [0.25, 0.3) is 16.6 Å². The predicted octanol–water partition coefficient (Wildman–Crippen LogP) is 3.87. The molecule has 1 saturated heterocycles. The Hall–Kier alpha value is -3.41. The van der Waals surface area contributed by atoms with Crippen LogP contribution in [0.4, 0.5) is 4.39 Å². The molecule has 2 aromatic heterocycles. The smallest absolute Gasteiger partial charge is 0.275 e. The zero-order chi connectivity index (χ0) is 21.4. The number of benzene rings is 2. The van der Waals surface area contributed by atoms with E-state index in [4.69, 9.17) is 0 Å². The first-order valence-electron chi connectivity index (χ1n) is 10.7. The van der Waals surface area contributed by atoms with Crippen molar-refractivity contribution < 1.29 is 9.18 Å². The fourth-order valence-electron chi connectivity index (χ4n) is 4.66. The number of likely N-dealkylation sites (tertiary alicyclic amines) is 1. The van der Waals surface area contributed by atoms with Gasteiger partial charge in [-0.3, -0.25) is 14.2 Å². The van der Waals surface area contributed by atoms with Crippen LogP contribution in [-0.2, 0) is 17.8 Å². The SMILES string of the molecule is O=C(Cn1c(=O)c2cccn2c2ccc(F)cc21)N1CCC(Cc2ccccc2)CC1. The van der Waals surface area contributed by atoms with Crippen molar-refractivity contribution in [3.63, 3.8) is 0 Å². The molecule has 5 rings (SSSR count). The zero-order valence-corrected chi connectivity index (χ0v) is 17.2. The number of nitrogens with zero attached hydrogens (tertiary/aromatic N) is 3. The molecule has 1 aliphatic heterocycles. The Morgan fingerprint density at radius 3 is 2.48 bits per heavy atom. The number of aromatic nitrogens is 2. The van der Waals surface area contributed by atoms with Gasteiger partial charge in [-0.1, -0.05) is 30.3 Å². The van der Waals surface area contributed by atoms with Gasteiger partial charge in [0.05, 0.1) is 11.0 Å². The molecule has 0 unspecified atom stereocenters. The third-order valence-electron chi connectivity index (χ3n) is 6.33. The van der Waals surface area contributed by atoms with Gasteiger partial charge in [0, 0.05) is 19.3 Å². The van der Waals surface area contributed by atoms with Crippen LogP contribution >= 0.6 is 0 Å². The summed E-state index contributed by atoms with van der Waals surface area (Å²) in [7, 11) is 0. The molecule has 1 aliphatic rings. The summed E-state index contributed by atoms with van der Waals surface area (Å²) in [5.74, 6) is 0.0317. The van der Waals surface area contributed by atoms with Gasteiger partial charge in [-0.2, -0.15) is 0 Å². The van der Waals surface area contributed by atoms with Gasteiger partial charge in [-0.25, -0.2) is 4.39 Å². The number of carbonyl (C=O) groups excluding carboxylic acids is 1. The summed E-state index contributed by atoms with van der Waals surface area (Å²) in [6, 6.07) is 18.3. The lowest BCUT2D eigenvalue weighted by atomic mass is 9.90.